The van der Waals surface area contributed by atoms with E-state index in [1.165, 1.54) is 6.07 Å². The minimum absolute atomic E-state index is 0.154. The molecule has 2 nitrogen and oxygen atoms in total. The number of aromatic nitrogens is 1. The van der Waals surface area contributed by atoms with E-state index in [9.17, 15) is 4.39 Å². The van der Waals surface area contributed by atoms with Crippen LogP contribution in [-0.2, 0) is 0 Å². The van der Waals surface area contributed by atoms with Crippen LogP contribution in [0.4, 0.5) is 9.52 Å². The molecule has 2 rings (SSSR count). The first-order valence-corrected chi connectivity index (χ1v) is 6.08. The Morgan fingerprint density at radius 3 is 2.56 bits per heavy atom. The first-order valence-electron chi connectivity index (χ1n) is 5.27. The van der Waals surface area contributed by atoms with Gasteiger partial charge in [0.2, 0.25) is 0 Å². The van der Waals surface area contributed by atoms with E-state index in [4.69, 9.17) is 0 Å². The molecule has 1 aromatic heterocycles. The largest absolute Gasteiger partial charge is 0.354 e. The number of hydrogen-bond donors (Lipinski definition) is 0. The summed E-state index contributed by atoms with van der Waals surface area (Å²) in [6.07, 6.45) is 0. The Kier molecular flexibility index (Phi) is 2.84. The van der Waals surface area contributed by atoms with Crippen LogP contribution in [0.15, 0.2) is 12.1 Å². The number of hydrogen-bond acceptors (Lipinski definition) is 3. The molecule has 0 radical (unpaired) electrons. The topological polar surface area (TPSA) is 16.1 Å². The summed E-state index contributed by atoms with van der Waals surface area (Å²) in [7, 11) is 3.90. The lowest BCUT2D eigenvalue weighted by atomic mass is 10.0. The molecule has 0 spiro atoms. The van der Waals surface area contributed by atoms with E-state index < -0.39 is 0 Å². The van der Waals surface area contributed by atoms with Crippen molar-refractivity contribution in [1.82, 2.24) is 4.98 Å². The summed E-state index contributed by atoms with van der Waals surface area (Å²) in [5.41, 5.74) is 1.53. The highest BCUT2D eigenvalue weighted by Gasteiger charge is 2.15. The Labute approximate surface area is 98.7 Å². The molecular formula is C12H15FN2S. The van der Waals surface area contributed by atoms with Crippen molar-refractivity contribution in [1.29, 1.82) is 0 Å². The number of thiazole rings is 1. The highest BCUT2D eigenvalue weighted by atomic mass is 32.1. The maximum Gasteiger partial charge on any atom is 0.185 e. The van der Waals surface area contributed by atoms with Crippen molar-refractivity contribution < 1.29 is 4.39 Å². The molecule has 0 bridgehead atoms. The number of rotatable bonds is 2. The molecule has 0 fully saturated rings. The lowest BCUT2D eigenvalue weighted by Gasteiger charge is -2.07. The second-order valence-electron chi connectivity index (χ2n) is 4.35. The minimum Gasteiger partial charge on any atom is -0.354 e. The molecule has 1 aromatic carbocycles. The molecule has 1 heterocycles. The Balaban J connectivity index is 2.72. The van der Waals surface area contributed by atoms with Crippen molar-refractivity contribution >= 4 is 26.7 Å². The van der Waals surface area contributed by atoms with Crippen LogP contribution in [0.1, 0.15) is 25.3 Å². The molecule has 0 atom stereocenters. The van der Waals surface area contributed by atoms with E-state index >= 15 is 0 Å². The monoisotopic (exact) mass is 238 g/mol. The van der Waals surface area contributed by atoms with Gasteiger partial charge in [-0.25, -0.2) is 9.37 Å². The summed E-state index contributed by atoms with van der Waals surface area (Å²) in [6, 6.07) is 3.34. The van der Waals surface area contributed by atoms with Crippen molar-refractivity contribution in [2.24, 2.45) is 0 Å². The highest BCUT2D eigenvalue weighted by Crippen LogP contribution is 2.34. The third kappa shape index (κ3) is 1.78. The molecule has 0 N–H and O–H groups in total. The van der Waals surface area contributed by atoms with Gasteiger partial charge in [-0.15, -0.1) is 0 Å². The summed E-state index contributed by atoms with van der Waals surface area (Å²) < 4.78 is 14.8. The molecule has 0 saturated carbocycles. The molecule has 2 aromatic rings. The second-order valence-corrected chi connectivity index (χ2v) is 5.36. The molecule has 0 aliphatic heterocycles. The smallest absolute Gasteiger partial charge is 0.185 e. The average molecular weight is 238 g/mol. The molecule has 4 heteroatoms. The number of halogens is 1. The van der Waals surface area contributed by atoms with Crippen LogP contribution in [0.5, 0.6) is 0 Å². The molecule has 16 heavy (non-hydrogen) atoms. The van der Waals surface area contributed by atoms with Crippen LogP contribution in [0, 0.1) is 5.82 Å². The minimum atomic E-state index is -0.155. The molecule has 0 aliphatic carbocycles. The quantitative estimate of drug-likeness (QED) is 0.794. The molecular weight excluding hydrogens is 223 g/mol. The average Bonchev–Trinajstić information content (AvgIpc) is 2.60. The lowest BCUT2D eigenvalue weighted by Crippen LogP contribution is -2.07. The molecule has 0 unspecified atom stereocenters. The second kappa shape index (κ2) is 4.01. The van der Waals surface area contributed by atoms with Gasteiger partial charge in [0.15, 0.2) is 5.13 Å². The number of fused-ring (bicyclic) bond motifs is 1. The van der Waals surface area contributed by atoms with Crippen molar-refractivity contribution in [3.8, 4) is 0 Å². The van der Waals surface area contributed by atoms with Crippen LogP contribution in [-0.4, -0.2) is 19.1 Å². The predicted octanol–water partition coefficient (Wildman–Crippen LogP) is 3.62. The van der Waals surface area contributed by atoms with E-state index in [2.05, 4.69) is 4.98 Å². The van der Waals surface area contributed by atoms with E-state index in [0.29, 0.717) is 0 Å². The Morgan fingerprint density at radius 1 is 1.31 bits per heavy atom. The van der Waals surface area contributed by atoms with Crippen LogP contribution >= 0.6 is 11.3 Å². The Morgan fingerprint density at radius 2 is 2.00 bits per heavy atom. The Hall–Kier alpha value is -1.16. The molecule has 0 saturated heterocycles. The standard InChI is InChI=1S/C12H15FN2S/c1-7(2)10-8(13)5-6-9-11(10)14-12(16-9)15(3)4/h5-7H,1-4H3. The van der Waals surface area contributed by atoms with E-state index in [1.807, 2.05) is 32.8 Å². The fraction of sp³-hybridized carbons (Fsp3) is 0.417. The molecule has 86 valence electrons. The van der Waals surface area contributed by atoms with Crippen LogP contribution in [0.2, 0.25) is 0 Å². The summed E-state index contributed by atoms with van der Waals surface area (Å²) in [5, 5.41) is 0.919. The van der Waals surface area contributed by atoms with Gasteiger partial charge in [0.1, 0.15) is 5.82 Å². The summed E-state index contributed by atoms with van der Waals surface area (Å²) >= 11 is 1.59. The molecule has 0 amide bonds. The number of nitrogens with zero attached hydrogens (tertiary/aromatic N) is 2. The third-order valence-electron chi connectivity index (χ3n) is 2.50. The van der Waals surface area contributed by atoms with Crippen LogP contribution < -0.4 is 4.90 Å². The lowest BCUT2D eigenvalue weighted by molar-refractivity contribution is 0.601. The van der Waals surface area contributed by atoms with Crippen molar-refractivity contribution in [2.75, 3.05) is 19.0 Å². The summed E-state index contributed by atoms with van der Waals surface area (Å²) in [5.74, 6) is -0.00100. The zero-order valence-electron chi connectivity index (χ0n) is 9.91. The van der Waals surface area contributed by atoms with Gasteiger partial charge in [0, 0.05) is 19.7 Å². The summed E-state index contributed by atoms with van der Waals surface area (Å²) in [6.45, 7) is 3.99. The van der Waals surface area contributed by atoms with Gasteiger partial charge in [0.25, 0.3) is 0 Å². The Bertz CT molecular complexity index is 517. The van der Waals surface area contributed by atoms with Crippen LogP contribution in [0.3, 0.4) is 0 Å². The van der Waals surface area contributed by atoms with Gasteiger partial charge in [0.05, 0.1) is 10.2 Å². The van der Waals surface area contributed by atoms with E-state index in [0.717, 1.165) is 20.9 Å². The zero-order chi connectivity index (χ0) is 11.9. The molecule has 0 aliphatic rings. The first-order chi connectivity index (χ1) is 7.50. The van der Waals surface area contributed by atoms with Gasteiger partial charge in [-0.3, -0.25) is 0 Å². The maximum absolute atomic E-state index is 13.7. The van der Waals surface area contributed by atoms with Gasteiger partial charge in [-0.1, -0.05) is 25.2 Å². The van der Waals surface area contributed by atoms with E-state index in [1.54, 1.807) is 17.4 Å². The van der Waals surface area contributed by atoms with Gasteiger partial charge in [-0.05, 0) is 18.1 Å². The van der Waals surface area contributed by atoms with Gasteiger partial charge in [-0.2, -0.15) is 0 Å². The fourth-order valence-corrected chi connectivity index (χ4v) is 2.62. The van der Waals surface area contributed by atoms with Crippen molar-refractivity contribution in [3.05, 3.63) is 23.5 Å². The van der Waals surface area contributed by atoms with Gasteiger partial charge >= 0.3 is 0 Å². The number of benzene rings is 1. The first kappa shape index (κ1) is 11.3. The van der Waals surface area contributed by atoms with Crippen molar-refractivity contribution in [3.63, 3.8) is 0 Å². The van der Waals surface area contributed by atoms with Crippen molar-refractivity contribution in [2.45, 2.75) is 19.8 Å². The SMILES string of the molecule is CC(C)c1c(F)ccc2sc(N(C)C)nc12. The van der Waals surface area contributed by atoms with Gasteiger partial charge < -0.3 is 4.90 Å². The van der Waals surface area contributed by atoms with E-state index in [-0.39, 0.29) is 11.7 Å². The predicted molar refractivity (Wildman–Crippen MR) is 68.0 cm³/mol. The third-order valence-corrected chi connectivity index (χ3v) is 3.68. The maximum atomic E-state index is 13.7. The van der Waals surface area contributed by atoms with Crippen LogP contribution in [0.25, 0.3) is 10.2 Å². The summed E-state index contributed by atoms with van der Waals surface area (Å²) in [4.78, 5) is 6.45. The zero-order valence-corrected chi connectivity index (χ0v) is 10.7. The highest BCUT2D eigenvalue weighted by molar-refractivity contribution is 7.22. The number of anilines is 1. The fourth-order valence-electron chi connectivity index (χ4n) is 1.72. The normalized spacial score (nSPS) is 11.4.